The number of ether oxygens (including phenoxy) is 1. The molecule has 16 heavy (non-hydrogen) atoms. The van der Waals surface area contributed by atoms with Crippen LogP contribution < -0.4 is 10.5 Å². The van der Waals surface area contributed by atoms with Crippen molar-refractivity contribution in [3.8, 4) is 5.88 Å². The molecule has 2 aromatic rings. The number of aryl methyl sites for hydroxylation is 1. The Labute approximate surface area is 94.2 Å². The summed E-state index contributed by atoms with van der Waals surface area (Å²) < 4.78 is 7.24. The van der Waals surface area contributed by atoms with E-state index in [1.54, 1.807) is 0 Å². The fraction of sp³-hybridized carbons (Fsp3) is 0.455. The van der Waals surface area contributed by atoms with E-state index in [2.05, 4.69) is 10.1 Å². The zero-order valence-corrected chi connectivity index (χ0v) is 9.77. The molecule has 5 heteroatoms. The van der Waals surface area contributed by atoms with Crippen molar-refractivity contribution in [1.29, 1.82) is 0 Å². The minimum absolute atomic E-state index is 0.0720. The van der Waals surface area contributed by atoms with Gasteiger partial charge in [0.05, 0.1) is 6.04 Å². The third kappa shape index (κ3) is 1.44. The van der Waals surface area contributed by atoms with Gasteiger partial charge < -0.3 is 10.5 Å². The van der Waals surface area contributed by atoms with Crippen LogP contribution in [0.3, 0.4) is 0 Å². The van der Waals surface area contributed by atoms with Crippen LogP contribution in [0.5, 0.6) is 5.88 Å². The molecular formula is C11H16N4O. The molecule has 0 bridgehead atoms. The van der Waals surface area contributed by atoms with Crippen molar-refractivity contribution < 1.29 is 4.74 Å². The third-order valence-electron chi connectivity index (χ3n) is 2.53. The Bertz CT molecular complexity index is 506. The molecule has 0 spiro atoms. The van der Waals surface area contributed by atoms with Crippen LogP contribution in [-0.4, -0.2) is 21.2 Å². The Morgan fingerprint density at radius 3 is 3.00 bits per heavy atom. The van der Waals surface area contributed by atoms with Gasteiger partial charge in [-0.2, -0.15) is 10.1 Å². The van der Waals surface area contributed by atoms with E-state index in [4.69, 9.17) is 10.5 Å². The summed E-state index contributed by atoms with van der Waals surface area (Å²) in [6.07, 6.45) is 1.50. The molecule has 1 aliphatic rings. The molecule has 0 amide bonds. The summed E-state index contributed by atoms with van der Waals surface area (Å²) in [5.41, 5.74) is 8.96. The quantitative estimate of drug-likeness (QED) is 0.730. The standard InChI is InChI=1S/C9H10N4O.C2H6/c1-5-2-6-7(10)3-14-9-8(6)13(5)12-4-11-9;1-2/h2,4,7H,3,10H2,1H3;1-2H3. The van der Waals surface area contributed by atoms with Gasteiger partial charge in [-0.3, -0.25) is 0 Å². The smallest absolute Gasteiger partial charge is 0.241 e. The van der Waals surface area contributed by atoms with E-state index >= 15 is 0 Å². The van der Waals surface area contributed by atoms with E-state index in [0.717, 1.165) is 16.8 Å². The molecule has 3 rings (SSSR count). The molecular weight excluding hydrogens is 204 g/mol. The van der Waals surface area contributed by atoms with Crippen LogP contribution in [0.15, 0.2) is 12.4 Å². The predicted octanol–water partition coefficient (Wildman–Crippen LogP) is 1.46. The Morgan fingerprint density at radius 1 is 1.50 bits per heavy atom. The maximum atomic E-state index is 5.92. The average molecular weight is 220 g/mol. The molecule has 0 fully saturated rings. The first kappa shape index (κ1) is 10.9. The molecule has 5 nitrogen and oxygen atoms in total. The molecule has 0 aromatic carbocycles. The minimum atomic E-state index is -0.0720. The normalized spacial score (nSPS) is 17.6. The van der Waals surface area contributed by atoms with E-state index < -0.39 is 0 Å². The van der Waals surface area contributed by atoms with Crippen molar-refractivity contribution in [3.05, 3.63) is 23.7 Å². The monoisotopic (exact) mass is 220 g/mol. The first-order valence-corrected chi connectivity index (χ1v) is 5.49. The second-order valence-corrected chi connectivity index (χ2v) is 3.48. The van der Waals surface area contributed by atoms with Crippen molar-refractivity contribution in [1.82, 2.24) is 14.6 Å². The molecule has 0 aliphatic carbocycles. The fourth-order valence-corrected chi connectivity index (χ4v) is 1.85. The highest BCUT2D eigenvalue weighted by molar-refractivity contribution is 5.66. The summed E-state index contributed by atoms with van der Waals surface area (Å²) >= 11 is 0. The Hall–Kier alpha value is -1.62. The molecule has 1 atom stereocenters. The number of nitrogens with two attached hydrogens (primary N) is 1. The molecule has 0 saturated heterocycles. The number of nitrogens with zero attached hydrogens (tertiary/aromatic N) is 3. The largest absolute Gasteiger partial charge is 0.474 e. The van der Waals surface area contributed by atoms with Gasteiger partial charge in [-0.05, 0) is 13.0 Å². The van der Waals surface area contributed by atoms with Gasteiger partial charge in [-0.25, -0.2) is 4.52 Å². The summed E-state index contributed by atoms with van der Waals surface area (Å²) in [5.74, 6) is 0.629. The number of rotatable bonds is 0. The molecule has 3 heterocycles. The fourth-order valence-electron chi connectivity index (χ4n) is 1.85. The number of aromatic nitrogens is 3. The van der Waals surface area contributed by atoms with Crippen molar-refractivity contribution >= 4 is 5.52 Å². The number of hydrogen-bond acceptors (Lipinski definition) is 4. The highest BCUT2D eigenvalue weighted by Gasteiger charge is 2.23. The van der Waals surface area contributed by atoms with Gasteiger partial charge in [0.15, 0.2) is 0 Å². The van der Waals surface area contributed by atoms with Crippen molar-refractivity contribution in [3.63, 3.8) is 0 Å². The Balaban J connectivity index is 0.000000457. The molecule has 1 aliphatic heterocycles. The van der Waals surface area contributed by atoms with Crippen LogP contribution in [0.25, 0.3) is 5.52 Å². The zero-order valence-electron chi connectivity index (χ0n) is 9.77. The van der Waals surface area contributed by atoms with Crippen LogP contribution in [-0.2, 0) is 0 Å². The predicted molar refractivity (Wildman–Crippen MR) is 61.5 cm³/mol. The van der Waals surface area contributed by atoms with Gasteiger partial charge in [0, 0.05) is 11.3 Å². The lowest BCUT2D eigenvalue weighted by atomic mass is 10.1. The van der Waals surface area contributed by atoms with Crippen LogP contribution in [0.2, 0.25) is 0 Å². The summed E-state index contributed by atoms with van der Waals surface area (Å²) in [4.78, 5) is 4.08. The number of hydrogen-bond donors (Lipinski definition) is 1. The first-order chi connectivity index (χ1) is 7.77. The second kappa shape index (κ2) is 4.09. The van der Waals surface area contributed by atoms with E-state index in [1.165, 1.54) is 6.33 Å². The van der Waals surface area contributed by atoms with E-state index in [-0.39, 0.29) is 6.04 Å². The maximum absolute atomic E-state index is 5.92. The lowest BCUT2D eigenvalue weighted by molar-refractivity contribution is 0.272. The van der Waals surface area contributed by atoms with Gasteiger partial charge in [0.2, 0.25) is 5.88 Å². The lowest BCUT2D eigenvalue weighted by Gasteiger charge is -2.18. The summed E-state index contributed by atoms with van der Waals surface area (Å²) in [5, 5.41) is 4.15. The second-order valence-electron chi connectivity index (χ2n) is 3.48. The van der Waals surface area contributed by atoms with Crippen molar-refractivity contribution in [2.45, 2.75) is 26.8 Å². The molecule has 1 unspecified atom stereocenters. The van der Waals surface area contributed by atoms with Gasteiger partial charge >= 0.3 is 0 Å². The molecule has 2 aromatic heterocycles. The molecule has 0 radical (unpaired) electrons. The van der Waals surface area contributed by atoms with Gasteiger partial charge in [-0.15, -0.1) is 0 Å². The van der Waals surface area contributed by atoms with Crippen LogP contribution in [0, 0.1) is 6.92 Å². The summed E-state index contributed by atoms with van der Waals surface area (Å²) in [6, 6.07) is 1.97. The summed E-state index contributed by atoms with van der Waals surface area (Å²) in [7, 11) is 0. The van der Waals surface area contributed by atoms with Crippen LogP contribution >= 0.6 is 0 Å². The highest BCUT2D eigenvalue weighted by Crippen LogP contribution is 2.31. The molecule has 86 valence electrons. The van der Waals surface area contributed by atoms with Crippen LogP contribution in [0.1, 0.15) is 31.1 Å². The zero-order chi connectivity index (χ0) is 11.7. The topological polar surface area (TPSA) is 65.4 Å². The average Bonchev–Trinajstić information content (AvgIpc) is 2.67. The van der Waals surface area contributed by atoms with Crippen molar-refractivity contribution in [2.24, 2.45) is 5.73 Å². The lowest BCUT2D eigenvalue weighted by Crippen LogP contribution is -2.23. The van der Waals surface area contributed by atoms with Crippen LogP contribution in [0.4, 0.5) is 0 Å². The van der Waals surface area contributed by atoms with Gasteiger partial charge in [-0.1, -0.05) is 13.8 Å². The molecule has 2 N–H and O–H groups in total. The summed E-state index contributed by atoms with van der Waals surface area (Å²) in [6.45, 7) is 6.48. The Morgan fingerprint density at radius 2 is 2.25 bits per heavy atom. The van der Waals surface area contributed by atoms with Gasteiger partial charge in [0.1, 0.15) is 18.5 Å². The Kier molecular flexibility index (Phi) is 2.78. The first-order valence-electron chi connectivity index (χ1n) is 5.49. The SMILES string of the molecule is CC.Cc1cc2c3c(ncnn13)OCC2N. The minimum Gasteiger partial charge on any atom is -0.474 e. The molecule has 0 saturated carbocycles. The van der Waals surface area contributed by atoms with E-state index in [1.807, 2.05) is 31.4 Å². The third-order valence-corrected chi connectivity index (χ3v) is 2.53. The van der Waals surface area contributed by atoms with Crippen molar-refractivity contribution in [2.75, 3.05) is 6.61 Å². The van der Waals surface area contributed by atoms with E-state index in [0.29, 0.717) is 12.5 Å². The van der Waals surface area contributed by atoms with E-state index in [9.17, 15) is 0 Å². The maximum Gasteiger partial charge on any atom is 0.241 e. The highest BCUT2D eigenvalue weighted by atomic mass is 16.5. The van der Waals surface area contributed by atoms with Gasteiger partial charge in [0.25, 0.3) is 0 Å².